The Labute approximate surface area is 211 Å². The number of anilines is 4. The summed E-state index contributed by atoms with van der Waals surface area (Å²) in [5.74, 6) is -0.343. The summed E-state index contributed by atoms with van der Waals surface area (Å²) in [5, 5.41) is 13.8. The molecular weight excluding hydrogens is 492 g/mol. The Hall–Kier alpha value is -3.48. The van der Waals surface area contributed by atoms with E-state index in [0.717, 1.165) is 23.9 Å². The van der Waals surface area contributed by atoms with Crippen LogP contribution in [-0.4, -0.2) is 41.4 Å². The van der Waals surface area contributed by atoms with E-state index >= 15 is 0 Å². The first-order chi connectivity index (χ1) is 17.6. The van der Waals surface area contributed by atoms with Crippen molar-refractivity contribution < 1.29 is 27.4 Å². The van der Waals surface area contributed by atoms with Crippen LogP contribution in [0.4, 0.5) is 40.7 Å². The van der Waals surface area contributed by atoms with Gasteiger partial charge in [0.15, 0.2) is 11.6 Å². The number of hydrogen-bond acceptors (Lipinski definition) is 8. The van der Waals surface area contributed by atoms with Gasteiger partial charge in [0, 0.05) is 30.0 Å². The van der Waals surface area contributed by atoms with E-state index in [4.69, 9.17) is 4.74 Å². The van der Waals surface area contributed by atoms with Crippen LogP contribution in [0, 0.1) is 5.82 Å². The van der Waals surface area contributed by atoms with Crippen LogP contribution in [0.3, 0.4) is 0 Å². The Morgan fingerprint density at radius 2 is 1.76 bits per heavy atom. The lowest BCUT2D eigenvalue weighted by Crippen LogP contribution is -2.37. The Bertz CT molecular complexity index is 1220. The molecule has 0 radical (unpaired) electrons. The summed E-state index contributed by atoms with van der Waals surface area (Å²) < 4.78 is 58.7. The third-order valence-corrected chi connectivity index (χ3v) is 5.84. The van der Waals surface area contributed by atoms with Crippen LogP contribution in [0.25, 0.3) is 0 Å². The van der Waals surface area contributed by atoms with Gasteiger partial charge in [-0.1, -0.05) is 26.0 Å². The van der Waals surface area contributed by atoms with Crippen LogP contribution in [0.1, 0.15) is 42.7 Å². The highest BCUT2D eigenvalue weighted by Crippen LogP contribution is 2.33. The van der Waals surface area contributed by atoms with E-state index in [1.54, 1.807) is 29.2 Å². The average molecular weight is 521 g/mol. The van der Waals surface area contributed by atoms with Gasteiger partial charge in [-0.25, -0.2) is 14.8 Å². The summed E-state index contributed by atoms with van der Waals surface area (Å²) in [6, 6.07) is 10.0. The fraction of sp³-hybridized carbons (Fsp3) is 0.360. The van der Waals surface area contributed by atoms with Crippen LogP contribution >= 0.6 is 0 Å². The number of benzene rings is 2. The number of hydrazine groups is 1. The molecule has 1 aromatic heterocycles. The number of alkyl halides is 3. The summed E-state index contributed by atoms with van der Waals surface area (Å²) in [7, 11) is 0. The van der Waals surface area contributed by atoms with Crippen molar-refractivity contribution in [3.8, 4) is 0 Å². The average Bonchev–Trinajstić information content (AvgIpc) is 2.88. The molecule has 0 amide bonds. The second-order valence-corrected chi connectivity index (χ2v) is 8.84. The summed E-state index contributed by atoms with van der Waals surface area (Å²) in [4.78, 5) is 9.90. The molecule has 1 saturated heterocycles. The Morgan fingerprint density at radius 3 is 2.46 bits per heavy atom. The molecule has 1 unspecified atom stereocenters. The molecule has 0 spiro atoms. The smallest absolute Gasteiger partial charge is 0.378 e. The van der Waals surface area contributed by atoms with Crippen molar-refractivity contribution in [2.45, 2.75) is 32.2 Å². The molecule has 8 nitrogen and oxygen atoms in total. The Morgan fingerprint density at radius 1 is 1.03 bits per heavy atom. The molecule has 198 valence electrons. The number of nitrogens with zero attached hydrogens (tertiary/aromatic N) is 3. The van der Waals surface area contributed by atoms with Gasteiger partial charge in [0.2, 0.25) is 5.95 Å². The highest BCUT2D eigenvalue weighted by atomic mass is 19.4. The monoisotopic (exact) mass is 520 g/mol. The van der Waals surface area contributed by atoms with Gasteiger partial charge < -0.3 is 20.1 Å². The summed E-state index contributed by atoms with van der Waals surface area (Å²) >= 11 is 0. The molecule has 12 heteroatoms. The quantitative estimate of drug-likeness (QED) is 0.188. The van der Waals surface area contributed by atoms with E-state index in [1.807, 2.05) is 13.8 Å². The fourth-order valence-corrected chi connectivity index (χ4v) is 3.97. The number of nitrogens with one attached hydrogen (secondary N) is 3. The van der Waals surface area contributed by atoms with Gasteiger partial charge in [-0.05, 0) is 41.8 Å². The van der Waals surface area contributed by atoms with Crippen LogP contribution in [0.2, 0.25) is 0 Å². The van der Waals surface area contributed by atoms with Gasteiger partial charge in [-0.3, -0.25) is 5.43 Å². The molecule has 1 atom stereocenters. The maximum Gasteiger partial charge on any atom is 0.416 e. The number of rotatable bonds is 8. The minimum absolute atomic E-state index is 0.00953. The first kappa shape index (κ1) is 26.6. The van der Waals surface area contributed by atoms with E-state index in [2.05, 4.69) is 26.1 Å². The van der Waals surface area contributed by atoms with E-state index in [0.29, 0.717) is 43.2 Å². The van der Waals surface area contributed by atoms with Crippen molar-refractivity contribution in [3.05, 3.63) is 71.2 Å². The first-order valence-electron chi connectivity index (χ1n) is 11.7. The molecule has 0 saturated carbocycles. The fourth-order valence-electron chi connectivity index (χ4n) is 3.97. The van der Waals surface area contributed by atoms with E-state index in [-0.39, 0.29) is 17.7 Å². The van der Waals surface area contributed by atoms with Gasteiger partial charge >= 0.3 is 6.18 Å². The number of morpholine rings is 1. The first-order valence-corrected chi connectivity index (χ1v) is 11.7. The molecule has 1 fully saturated rings. The van der Waals surface area contributed by atoms with E-state index in [1.165, 1.54) is 6.07 Å². The zero-order chi connectivity index (χ0) is 26.6. The molecule has 4 N–H and O–H groups in total. The third kappa shape index (κ3) is 6.64. The largest absolute Gasteiger partial charge is 0.416 e. The third-order valence-electron chi connectivity index (χ3n) is 5.84. The lowest BCUT2D eigenvalue weighted by atomic mass is 9.95. The second-order valence-electron chi connectivity index (χ2n) is 8.84. The van der Waals surface area contributed by atoms with Crippen molar-refractivity contribution >= 4 is 23.1 Å². The molecule has 37 heavy (non-hydrogen) atoms. The SMILES string of the molecule is CC(C)c1cc(Nc2cccc(C(F)(F)F)c2)ccc1C(O)NNc1ncc(F)c(N2CCOCC2)n1. The number of halogens is 4. The maximum atomic E-state index is 14.3. The van der Waals surface area contributed by atoms with E-state index in [9.17, 15) is 22.7 Å². The Balaban J connectivity index is 1.47. The molecule has 1 aliphatic rings. The van der Waals surface area contributed by atoms with Crippen LogP contribution in [0.5, 0.6) is 0 Å². The van der Waals surface area contributed by atoms with Gasteiger partial charge in [-0.2, -0.15) is 18.2 Å². The van der Waals surface area contributed by atoms with Crippen molar-refractivity contribution in [2.24, 2.45) is 0 Å². The van der Waals surface area contributed by atoms with Gasteiger partial charge in [0.05, 0.1) is 25.0 Å². The highest BCUT2D eigenvalue weighted by Gasteiger charge is 2.30. The maximum absolute atomic E-state index is 14.3. The summed E-state index contributed by atoms with van der Waals surface area (Å²) in [6.07, 6.45) is -4.56. The van der Waals surface area contributed by atoms with E-state index < -0.39 is 23.8 Å². The molecule has 1 aliphatic heterocycles. The minimum Gasteiger partial charge on any atom is -0.378 e. The van der Waals surface area contributed by atoms with Crippen LogP contribution < -0.4 is 21.1 Å². The zero-order valence-corrected chi connectivity index (χ0v) is 20.3. The lowest BCUT2D eigenvalue weighted by molar-refractivity contribution is -0.137. The normalized spacial score (nSPS) is 15.1. The summed E-state index contributed by atoms with van der Waals surface area (Å²) in [6.45, 7) is 5.82. The molecule has 2 heterocycles. The van der Waals surface area contributed by atoms with Crippen molar-refractivity contribution in [3.63, 3.8) is 0 Å². The van der Waals surface area contributed by atoms with Gasteiger partial charge in [0.25, 0.3) is 0 Å². The van der Waals surface area contributed by atoms with Crippen molar-refractivity contribution in [1.29, 1.82) is 0 Å². The number of hydrogen-bond donors (Lipinski definition) is 4. The standard InChI is InChI=1S/C25H28F4N6O2/c1-15(2)20-13-18(31-17-5-3-4-16(12-17)25(27,28)29)6-7-19(20)23(36)33-34-24-30-14-21(26)22(32-24)35-8-10-37-11-9-35/h3-7,12-15,23,31,33,36H,8-11H2,1-2H3,(H,30,32,34). The summed E-state index contributed by atoms with van der Waals surface area (Å²) in [5.41, 5.74) is 6.88. The van der Waals surface area contributed by atoms with Crippen LogP contribution in [0.15, 0.2) is 48.7 Å². The number of aliphatic hydroxyl groups excluding tert-OH is 1. The topological polar surface area (TPSA) is 94.6 Å². The number of aromatic nitrogens is 2. The van der Waals surface area contributed by atoms with Gasteiger partial charge in [0.1, 0.15) is 6.23 Å². The molecule has 3 aromatic rings. The molecule has 2 aromatic carbocycles. The molecular formula is C25H28F4N6O2. The van der Waals surface area contributed by atoms with Crippen LogP contribution in [-0.2, 0) is 10.9 Å². The number of aliphatic hydroxyl groups is 1. The van der Waals surface area contributed by atoms with Crippen molar-refractivity contribution in [1.82, 2.24) is 15.4 Å². The lowest BCUT2D eigenvalue weighted by Gasteiger charge is -2.28. The van der Waals surface area contributed by atoms with Gasteiger partial charge in [-0.15, -0.1) is 0 Å². The van der Waals surface area contributed by atoms with Crippen molar-refractivity contribution in [2.75, 3.05) is 41.9 Å². The molecule has 4 rings (SSSR count). The predicted octanol–water partition coefficient (Wildman–Crippen LogP) is 4.95. The minimum atomic E-state index is -4.44. The molecule has 0 bridgehead atoms. The predicted molar refractivity (Wildman–Crippen MR) is 132 cm³/mol. The second kappa shape index (κ2) is 11.3. The zero-order valence-electron chi connectivity index (χ0n) is 20.3. The Kier molecular flexibility index (Phi) is 8.10. The highest BCUT2D eigenvalue weighted by molar-refractivity contribution is 5.62. The number of ether oxygens (including phenoxy) is 1. The molecule has 0 aliphatic carbocycles.